The molecule has 0 aromatic heterocycles. The number of hydrogen-bond acceptors (Lipinski definition) is 0. The zero-order valence-corrected chi connectivity index (χ0v) is 5.98. The van der Waals surface area contributed by atoms with Crippen molar-refractivity contribution in [2.75, 3.05) is 0 Å². The maximum Gasteiger partial charge on any atom is 0.304 e. The third kappa shape index (κ3) is 7.74. The van der Waals surface area contributed by atoms with Crippen LogP contribution in [0.5, 0.6) is 0 Å². The Kier molecular flexibility index (Phi) is 1.62. The normalized spacial score (nSPS) is 20.6. The molecule has 0 bridgehead atoms. The standard InChI is InChI=1S/C4H7F5S/c1-2-3-4-10(5,6,7,8)9/h3-4H,2H2,1H3/b4-3+. The van der Waals surface area contributed by atoms with Crippen LogP contribution in [-0.2, 0) is 0 Å². The minimum atomic E-state index is -9.24. The Balaban J connectivity index is 4.58. The number of hydrogen-bond donors (Lipinski definition) is 0. The van der Waals surface area contributed by atoms with Crippen molar-refractivity contribution in [2.45, 2.75) is 13.3 Å². The molecule has 6 heteroatoms. The Morgan fingerprint density at radius 1 is 1.10 bits per heavy atom. The van der Waals surface area contributed by atoms with Crippen molar-refractivity contribution in [1.29, 1.82) is 0 Å². The molecule has 0 N–H and O–H groups in total. The van der Waals surface area contributed by atoms with Gasteiger partial charge in [0, 0.05) is 0 Å². The van der Waals surface area contributed by atoms with Crippen molar-refractivity contribution in [3.8, 4) is 0 Å². The van der Waals surface area contributed by atoms with Gasteiger partial charge in [-0.25, -0.2) is 0 Å². The smallest absolute Gasteiger partial charge is 0.0942 e. The number of rotatable bonds is 2. The van der Waals surface area contributed by atoms with E-state index >= 15 is 0 Å². The van der Waals surface area contributed by atoms with Gasteiger partial charge in [0.15, 0.2) is 0 Å². The summed E-state index contributed by atoms with van der Waals surface area (Å²) in [6.45, 7) is 1.35. The molecule has 0 saturated carbocycles. The lowest BCUT2D eigenvalue weighted by molar-refractivity contribution is 0.384. The van der Waals surface area contributed by atoms with E-state index in [1.807, 2.05) is 0 Å². The molecule has 0 aliphatic carbocycles. The second-order valence-electron chi connectivity index (χ2n) is 1.81. The summed E-state index contributed by atoms with van der Waals surface area (Å²) in [6.07, 6.45) is 0.354. The van der Waals surface area contributed by atoms with E-state index in [1.165, 1.54) is 6.92 Å². The van der Waals surface area contributed by atoms with E-state index in [0.717, 1.165) is 0 Å². The first-order chi connectivity index (χ1) is 4.04. The lowest BCUT2D eigenvalue weighted by atomic mass is 10.5. The molecule has 64 valence electrons. The predicted molar refractivity (Wildman–Crippen MR) is 32.6 cm³/mol. The van der Waals surface area contributed by atoms with Gasteiger partial charge >= 0.3 is 10.2 Å². The van der Waals surface area contributed by atoms with Gasteiger partial charge in [0.25, 0.3) is 0 Å². The van der Waals surface area contributed by atoms with Crippen molar-refractivity contribution in [1.82, 2.24) is 0 Å². The first kappa shape index (κ1) is 9.74. The highest BCUT2D eigenvalue weighted by Gasteiger charge is 2.60. The van der Waals surface area contributed by atoms with Crippen molar-refractivity contribution in [3.05, 3.63) is 11.5 Å². The van der Waals surface area contributed by atoms with E-state index in [-0.39, 0.29) is 6.42 Å². The lowest BCUT2D eigenvalue weighted by Gasteiger charge is -2.36. The molecule has 0 unspecified atom stereocenters. The summed E-state index contributed by atoms with van der Waals surface area (Å²) >= 11 is 0. The van der Waals surface area contributed by atoms with Crippen LogP contribution in [0.2, 0.25) is 0 Å². The molecule has 0 aromatic rings. The summed E-state index contributed by atoms with van der Waals surface area (Å²) in [6, 6.07) is 0. The Hall–Kier alpha value is -0.260. The van der Waals surface area contributed by atoms with Crippen LogP contribution in [0.3, 0.4) is 0 Å². The highest BCUT2D eigenvalue weighted by molar-refractivity contribution is 8.48. The van der Waals surface area contributed by atoms with Crippen molar-refractivity contribution in [2.24, 2.45) is 0 Å². The summed E-state index contributed by atoms with van der Waals surface area (Å²) in [4.78, 5) is 0. The van der Waals surface area contributed by atoms with E-state index in [2.05, 4.69) is 0 Å². The largest absolute Gasteiger partial charge is 0.304 e. The summed E-state index contributed by atoms with van der Waals surface area (Å²) in [5.74, 6) is 0. The molecule has 0 nitrogen and oxygen atoms in total. The highest BCUT2D eigenvalue weighted by atomic mass is 32.5. The molecule has 0 heterocycles. The van der Waals surface area contributed by atoms with Crippen molar-refractivity contribution in [3.63, 3.8) is 0 Å². The molecular weight excluding hydrogens is 175 g/mol. The monoisotopic (exact) mass is 182 g/mol. The van der Waals surface area contributed by atoms with E-state index in [9.17, 15) is 19.4 Å². The van der Waals surface area contributed by atoms with E-state index < -0.39 is 15.6 Å². The van der Waals surface area contributed by atoms with E-state index in [4.69, 9.17) is 0 Å². The van der Waals surface area contributed by atoms with Crippen LogP contribution >= 0.6 is 10.2 Å². The minimum absolute atomic E-state index is 0.0500. The summed E-state index contributed by atoms with van der Waals surface area (Å²) in [5, 5.41) is -0.931. The van der Waals surface area contributed by atoms with Crippen LogP contribution in [0, 0.1) is 0 Å². The van der Waals surface area contributed by atoms with Crippen LogP contribution in [0.4, 0.5) is 19.4 Å². The van der Waals surface area contributed by atoms with Gasteiger partial charge in [0.1, 0.15) is 0 Å². The Labute approximate surface area is 55.4 Å². The van der Waals surface area contributed by atoms with Gasteiger partial charge in [0.2, 0.25) is 0 Å². The molecule has 0 saturated heterocycles. The molecule has 0 rings (SSSR count). The van der Waals surface area contributed by atoms with E-state index in [0.29, 0.717) is 6.08 Å². The third-order valence-electron chi connectivity index (χ3n) is 0.589. The average molecular weight is 182 g/mol. The van der Waals surface area contributed by atoms with Crippen molar-refractivity contribution < 1.29 is 19.4 Å². The topological polar surface area (TPSA) is 0 Å². The maximum absolute atomic E-state index is 11.3. The SMILES string of the molecule is CC/C=C/S(F)(F)(F)(F)F. The molecule has 0 fully saturated rings. The molecule has 0 atom stereocenters. The fourth-order valence-electron chi connectivity index (χ4n) is 0.278. The number of allylic oxidation sites excluding steroid dienone is 1. The molecule has 10 heavy (non-hydrogen) atoms. The van der Waals surface area contributed by atoms with Gasteiger partial charge in [0.05, 0.1) is 5.41 Å². The Bertz CT molecular complexity index is 149. The molecule has 0 aliphatic rings. The summed E-state index contributed by atoms with van der Waals surface area (Å²) < 4.78 is 56.6. The fraction of sp³-hybridized carbons (Fsp3) is 0.500. The zero-order valence-electron chi connectivity index (χ0n) is 5.16. The maximum atomic E-state index is 11.3. The fourth-order valence-corrected chi connectivity index (χ4v) is 0.834. The quantitative estimate of drug-likeness (QED) is 0.561. The third-order valence-corrected chi connectivity index (χ3v) is 1.30. The minimum Gasteiger partial charge on any atom is -0.0942 e. The van der Waals surface area contributed by atoms with Gasteiger partial charge in [-0.2, -0.15) is 0 Å². The van der Waals surface area contributed by atoms with Gasteiger partial charge in [-0.3, -0.25) is 0 Å². The molecule has 0 aliphatic heterocycles. The summed E-state index contributed by atoms with van der Waals surface area (Å²) in [7, 11) is -9.24. The van der Waals surface area contributed by atoms with Crippen LogP contribution in [0.1, 0.15) is 13.3 Å². The predicted octanol–water partition coefficient (Wildman–Crippen LogP) is 4.21. The molecule has 0 radical (unpaired) electrons. The molecular formula is C4H7F5S. The second-order valence-corrected chi connectivity index (χ2v) is 4.14. The first-order valence-corrected chi connectivity index (χ1v) is 4.47. The van der Waals surface area contributed by atoms with Crippen LogP contribution in [0.25, 0.3) is 0 Å². The van der Waals surface area contributed by atoms with Gasteiger partial charge < -0.3 is 0 Å². The van der Waals surface area contributed by atoms with Gasteiger partial charge in [-0.15, -0.1) is 0 Å². The lowest BCUT2D eigenvalue weighted by Crippen LogP contribution is -1.98. The van der Waals surface area contributed by atoms with E-state index in [1.54, 1.807) is 0 Å². The first-order valence-electron chi connectivity index (χ1n) is 2.46. The van der Waals surface area contributed by atoms with Crippen LogP contribution in [0.15, 0.2) is 11.5 Å². The molecule has 0 amide bonds. The molecule has 0 aromatic carbocycles. The summed E-state index contributed by atoms with van der Waals surface area (Å²) in [5.41, 5.74) is 0. The van der Waals surface area contributed by atoms with Gasteiger partial charge in [-0.1, -0.05) is 32.4 Å². The van der Waals surface area contributed by atoms with Crippen LogP contribution in [-0.4, -0.2) is 0 Å². The highest BCUT2D eigenvalue weighted by Crippen LogP contribution is 2.98. The number of halogens is 5. The average Bonchev–Trinajstić information content (AvgIpc) is 1.55. The Morgan fingerprint density at radius 2 is 1.50 bits per heavy atom. The Morgan fingerprint density at radius 3 is 1.60 bits per heavy atom. The molecule has 0 spiro atoms. The van der Waals surface area contributed by atoms with Crippen LogP contribution < -0.4 is 0 Å². The van der Waals surface area contributed by atoms with Crippen molar-refractivity contribution >= 4 is 10.2 Å². The zero-order chi connectivity index (χ0) is 8.53. The second kappa shape index (κ2) is 1.66. The van der Waals surface area contributed by atoms with Gasteiger partial charge in [-0.05, 0) is 6.42 Å².